The summed E-state index contributed by atoms with van der Waals surface area (Å²) in [6.45, 7) is 3.68. The Hall–Kier alpha value is -1.89. The third-order valence-corrected chi connectivity index (χ3v) is 4.33. The summed E-state index contributed by atoms with van der Waals surface area (Å²) in [5.41, 5.74) is -0.230. The van der Waals surface area contributed by atoms with E-state index in [1.54, 1.807) is 20.9 Å². The molecule has 102 valence electrons. The molecule has 0 aromatic carbocycles. The second-order valence-electron chi connectivity index (χ2n) is 4.16. The van der Waals surface area contributed by atoms with E-state index in [1.165, 1.54) is 11.6 Å². The summed E-state index contributed by atoms with van der Waals surface area (Å²) in [7, 11) is 3.00. The molecule has 0 N–H and O–H groups in total. The van der Waals surface area contributed by atoms with Crippen molar-refractivity contribution >= 4 is 27.5 Å². The van der Waals surface area contributed by atoms with E-state index in [0.717, 1.165) is 15.9 Å². The van der Waals surface area contributed by atoms with Crippen LogP contribution in [0.15, 0.2) is 9.59 Å². The van der Waals surface area contributed by atoms with Gasteiger partial charge >= 0.3 is 11.7 Å². The van der Waals surface area contributed by atoms with Gasteiger partial charge in [0.2, 0.25) is 0 Å². The zero-order chi connectivity index (χ0) is 14.3. The molecule has 0 bridgehead atoms. The molecule has 0 saturated heterocycles. The van der Waals surface area contributed by atoms with Crippen molar-refractivity contribution in [3.05, 3.63) is 31.3 Å². The van der Waals surface area contributed by atoms with E-state index in [0.29, 0.717) is 20.7 Å². The van der Waals surface area contributed by atoms with Crippen LogP contribution in [-0.2, 0) is 18.8 Å². The van der Waals surface area contributed by atoms with Crippen LogP contribution in [0.5, 0.6) is 0 Å². The number of carbonyl (C=O) groups excluding carboxylic acids is 1. The number of carbonyl (C=O) groups is 1. The van der Waals surface area contributed by atoms with Crippen molar-refractivity contribution in [3.8, 4) is 0 Å². The predicted octanol–water partition coefficient (Wildman–Crippen LogP) is 0.784. The van der Waals surface area contributed by atoms with Crippen LogP contribution in [0.1, 0.15) is 22.2 Å². The van der Waals surface area contributed by atoms with Crippen LogP contribution in [0.25, 0.3) is 10.2 Å². The summed E-state index contributed by atoms with van der Waals surface area (Å²) >= 11 is 1.11. The average Bonchev–Trinajstić information content (AvgIpc) is 2.72. The van der Waals surface area contributed by atoms with Gasteiger partial charge in [-0.15, -0.1) is 11.3 Å². The molecule has 0 aliphatic carbocycles. The Morgan fingerprint density at radius 1 is 1.26 bits per heavy atom. The number of hydrogen-bond donors (Lipinski definition) is 0. The van der Waals surface area contributed by atoms with Gasteiger partial charge in [0.05, 0.1) is 12.0 Å². The maximum Gasteiger partial charge on any atom is 0.348 e. The first kappa shape index (κ1) is 13.5. The SMILES string of the molecule is CCOC(=O)c1sc2c(c1C)c(=O)n(C)c(=O)n2C. The third kappa shape index (κ3) is 1.90. The van der Waals surface area contributed by atoms with Gasteiger partial charge in [-0.1, -0.05) is 0 Å². The smallest absolute Gasteiger partial charge is 0.348 e. The molecular weight excluding hydrogens is 268 g/mol. The van der Waals surface area contributed by atoms with Crippen LogP contribution in [0, 0.1) is 6.92 Å². The minimum absolute atomic E-state index is 0.267. The summed E-state index contributed by atoms with van der Waals surface area (Å²) in [6, 6.07) is 0. The minimum Gasteiger partial charge on any atom is -0.462 e. The monoisotopic (exact) mass is 282 g/mol. The molecule has 0 fully saturated rings. The predicted molar refractivity (Wildman–Crippen MR) is 73.0 cm³/mol. The molecule has 0 unspecified atom stereocenters. The maximum absolute atomic E-state index is 12.1. The first-order chi connectivity index (χ1) is 8.90. The van der Waals surface area contributed by atoms with E-state index in [4.69, 9.17) is 4.74 Å². The highest BCUT2D eigenvalue weighted by atomic mass is 32.1. The van der Waals surface area contributed by atoms with Crippen molar-refractivity contribution in [1.82, 2.24) is 9.13 Å². The molecule has 19 heavy (non-hydrogen) atoms. The van der Waals surface area contributed by atoms with Crippen molar-refractivity contribution in [3.63, 3.8) is 0 Å². The molecule has 2 rings (SSSR count). The Morgan fingerprint density at radius 3 is 2.47 bits per heavy atom. The van der Waals surface area contributed by atoms with Gasteiger partial charge in [0.1, 0.15) is 9.71 Å². The van der Waals surface area contributed by atoms with Crippen LogP contribution in [-0.4, -0.2) is 21.7 Å². The Kier molecular flexibility index (Phi) is 3.32. The number of esters is 1. The topological polar surface area (TPSA) is 70.3 Å². The molecule has 7 heteroatoms. The van der Waals surface area contributed by atoms with Crippen LogP contribution in [0.3, 0.4) is 0 Å². The maximum atomic E-state index is 12.1. The molecule has 0 saturated carbocycles. The van der Waals surface area contributed by atoms with Crippen molar-refractivity contribution in [2.45, 2.75) is 13.8 Å². The zero-order valence-corrected chi connectivity index (χ0v) is 12.0. The first-order valence-corrected chi connectivity index (χ1v) is 6.58. The average molecular weight is 282 g/mol. The number of thiophene rings is 1. The zero-order valence-electron chi connectivity index (χ0n) is 11.1. The lowest BCUT2D eigenvalue weighted by atomic mass is 10.2. The number of rotatable bonds is 2. The van der Waals surface area contributed by atoms with Gasteiger partial charge in [-0.25, -0.2) is 9.59 Å². The minimum atomic E-state index is -0.462. The Labute approximate surface area is 112 Å². The normalized spacial score (nSPS) is 10.9. The lowest BCUT2D eigenvalue weighted by molar-refractivity contribution is 0.0531. The molecule has 0 aliphatic rings. The van der Waals surface area contributed by atoms with E-state index < -0.39 is 11.7 Å². The first-order valence-electron chi connectivity index (χ1n) is 5.76. The summed E-state index contributed by atoms with van der Waals surface area (Å²) in [4.78, 5) is 36.6. The van der Waals surface area contributed by atoms with Gasteiger partial charge in [-0.05, 0) is 19.4 Å². The Balaban J connectivity index is 2.89. The summed E-state index contributed by atoms with van der Waals surface area (Å²) < 4.78 is 7.36. The number of nitrogens with zero attached hydrogens (tertiary/aromatic N) is 2. The third-order valence-electron chi connectivity index (χ3n) is 2.99. The number of ether oxygens (including phenoxy) is 1. The molecule has 2 heterocycles. The largest absolute Gasteiger partial charge is 0.462 e. The second kappa shape index (κ2) is 4.65. The second-order valence-corrected chi connectivity index (χ2v) is 5.16. The molecule has 0 radical (unpaired) electrons. The summed E-state index contributed by atoms with van der Waals surface area (Å²) in [5, 5.41) is 0.401. The fraction of sp³-hybridized carbons (Fsp3) is 0.417. The molecule has 2 aromatic rings. The van der Waals surface area contributed by atoms with E-state index in [9.17, 15) is 14.4 Å². The van der Waals surface area contributed by atoms with E-state index in [1.807, 2.05) is 0 Å². The number of aromatic nitrogens is 2. The van der Waals surface area contributed by atoms with Gasteiger partial charge in [-0.2, -0.15) is 0 Å². The van der Waals surface area contributed by atoms with Crippen LogP contribution in [0.2, 0.25) is 0 Å². The Morgan fingerprint density at radius 2 is 1.89 bits per heavy atom. The molecule has 0 atom stereocenters. The molecular formula is C12H14N2O4S. The van der Waals surface area contributed by atoms with E-state index in [2.05, 4.69) is 0 Å². The van der Waals surface area contributed by atoms with Gasteiger partial charge in [-0.3, -0.25) is 13.9 Å². The lowest BCUT2D eigenvalue weighted by Gasteiger charge is -2.02. The summed E-state index contributed by atoms with van der Waals surface area (Å²) in [5.74, 6) is -0.462. The fourth-order valence-corrected chi connectivity index (χ4v) is 3.09. The van der Waals surface area contributed by atoms with Crippen molar-refractivity contribution in [2.24, 2.45) is 14.1 Å². The van der Waals surface area contributed by atoms with Crippen molar-refractivity contribution in [1.29, 1.82) is 0 Å². The molecule has 2 aromatic heterocycles. The fourth-order valence-electron chi connectivity index (χ4n) is 1.94. The quantitative estimate of drug-likeness (QED) is 0.763. The van der Waals surface area contributed by atoms with Crippen LogP contribution >= 0.6 is 11.3 Å². The van der Waals surface area contributed by atoms with E-state index >= 15 is 0 Å². The number of hydrogen-bond acceptors (Lipinski definition) is 5. The van der Waals surface area contributed by atoms with Gasteiger partial charge in [0.25, 0.3) is 5.56 Å². The van der Waals surface area contributed by atoms with Gasteiger partial charge in [0, 0.05) is 14.1 Å². The number of aryl methyl sites for hydroxylation is 2. The molecule has 6 nitrogen and oxygen atoms in total. The van der Waals surface area contributed by atoms with E-state index in [-0.39, 0.29) is 12.2 Å². The van der Waals surface area contributed by atoms with Crippen LogP contribution < -0.4 is 11.2 Å². The van der Waals surface area contributed by atoms with Crippen LogP contribution in [0.4, 0.5) is 0 Å². The molecule has 0 spiro atoms. The highest BCUT2D eigenvalue weighted by molar-refractivity contribution is 7.20. The van der Waals surface area contributed by atoms with Gasteiger partial charge < -0.3 is 4.74 Å². The standard InChI is InChI=1S/C12H14N2O4S/c1-5-18-11(16)8-6(2)7-9(15)13(3)12(17)14(4)10(7)19-8/h5H2,1-4H3. The Bertz CT molecular complexity index is 782. The lowest BCUT2D eigenvalue weighted by Crippen LogP contribution is -2.36. The van der Waals surface area contributed by atoms with Crippen molar-refractivity contribution in [2.75, 3.05) is 6.61 Å². The highest BCUT2D eigenvalue weighted by Gasteiger charge is 2.21. The highest BCUT2D eigenvalue weighted by Crippen LogP contribution is 2.27. The summed E-state index contributed by atoms with van der Waals surface area (Å²) in [6.07, 6.45) is 0. The number of fused-ring (bicyclic) bond motifs is 1. The van der Waals surface area contributed by atoms with Crippen molar-refractivity contribution < 1.29 is 9.53 Å². The van der Waals surface area contributed by atoms with Gasteiger partial charge in [0.15, 0.2) is 0 Å². The molecule has 0 amide bonds. The molecule has 0 aliphatic heterocycles.